The van der Waals surface area contributed by atoms with Crippen molar-refractivity contribution >= 4 is 10.9 Å². The highest BCUT2D eigenvalue weighted by atomic mass is 16.1. The van der Waals surface area contributed by atoms with Crippen molar-refractivity contribution in [2.24, 2.45) is 5.41 Å². The average Bonchev–Trinajstić information content (AvgIpc) is 2.46. The molecular weight excluding hydrogens is 248 g/mol. The molecule has 0 aliphatic carbocycles. The molecular formula is C17H20N2O. The third-order valence-corrected chi connectivity index (χ3v) is 3.64. The fourth-order valence-corrected chi connectivity index (χ4v) is 2.36. The molecule has 3 nitrogen and oxygen atoms in total. The molecule has 0 saturated heterocycles. The van der Waals surface area contributed by atoms with Crippen LogP contribution in [0.2, 0.25) is 0 Å². The molecule has 0 aliphatic heterocycles. The molecule has 0 aliphatic rings. The van der Waals surface area contributed by atoms with E-state index < -0.39 is 0 Å². The maximum atomic E-state index is 11.8. The number of hydrogen-bond donors (Lipinski definition) is 0. The molecule has 0 spiro atoms. The smallest absolute Gasteiger partial charge is 0.189 e. The first-order valence-corrected chi connectivity index (χ1v) is 7.03. The van der Waals surface area contributed by atoms with Crippen molar-refractivity contribution in [2.75, 3.05) is 0 Å². The monoisotopic (exact) mass is 268 g/mol. The zero-order valence-corrected chi connectivity index (χ0v) is 12.1. The maximum Gasteiger partial charge on any atom is 0.189 e. The molecule has 3 heteroatoms. The van der Waals surface area contributed by atoms with Gasteiger partial charge in [-0.1, -0.05) is 18.6 Å². The normalized spacial score (nSPS) is 11.4. The molecule has 20 heavy (non-hydrogen) atoms. The van der Waals surface area contributed by atoms with Crippen molar-refractivity contribution in [3.63, 3.8) is 0 Å². The number of pyridine rings is 1. The number of aromatic nitrogens is 1. The zero-order valence-electron chi connectivity index (χ0n) is 12.1. The van der Waals surface area contributed by atoms with Crippen molar-refractivity contribution < 1.29 is 0 Å². The van der Waals surface area contributed by atoms with Gasteiger partial charge in [-0.05, 0) is 38.8 Å². The van der Waals surface area contributed by atoms with Gasteiger partial charge in [0.15, 0.2) is 5.43 Å². The molecule has 2 aromatic rings. The Balaban J connectivity index is 2.06. The molecule has 0 unspecified atom stereocenters. The summed E-state index contributed by atoms with van der Waals surface area (Å²) < 4.78 is 2.12. The first-order chi connectivity index (χ1) is 9.53. The van der Waals surface area contributed by atoms with Crippen molar-refractivity contribution in [1.29, 1.82) is 5.26 Å². The van der Waals surface area contributed by atoms with E-state index in [0.717, 1.165) is 36.7 Å². The molecule has 104 valence electrons. The van der Waals surface area contributed by atoms with Gasteiger partial charge in [0.25, 0.3) is 0 Å². The topological polar surface area (TPSA) is 45.8 Å². The van der Waals surface area contributed by atoms with E-state index in [1.807, 2.05) is 44.3 Å². The molecule has 2 rings (SSSR count). The Kier molecular flexibility index (Phi) is 4.24. The van der Waals surface area contributed by atoms with Gasteiger partial charge in [0, 0.05) is 24.2 Å². The Morgan fingerprint density at radius 2 is 1.95 bits per heavy atom. The minimum atomic E-state index is -0.244. The van der Waals surface area contributed by atoms with Gasteiger partial charge in [-0.3, -0.25) is 4.79 Å². The molecule has 0 atom stereocenters. The van der Waals surface area contributed by atoms with Crippen LogP contribution in [-0.4, -0.2) is 4.57 Å². The van der Waals surface area contributed by atoms with Gasteiger partial charge < -0.3 is 4.57 Å². The number of aryl methyl sites for hydroxylation is 1. The minimum Gasteiger partial charge on any atom is -0.347 e. The molecule has 0 bridgehead atoms. The number of fused-ring (bicyclic) bond motifs is 1. The summed E-state index contributed by atoms with van der Waals surface area (Å²) in [4.78, 5) is 11.8. The number of benzene rings is 1. The first kappa shape index (κ1) is 14.3. The lowest BCUT2D eigenvalue weighted by Crippen LogP contribution is -2.10. The van der Waals surface area contributed by atoms with Crippen LogP contribution in [0.4, 0.5) is 0 Å². The van der Waals surface area contributed by atoms with E-state index in [0.29, 0.717) is 0 Å². The van der Waals surface area contributed by atoms with Crippen LogP contribution in [-0.2, 0) is 6.54 Å². The van der Waals surface area contributed by atoms with Gasteiger partial charge in [0.05, 0.1) is 17.0 Å². The highest BCUT2D eigenvalue weighted by Crippen LogP contribution is 2.22. The third-order valence-electron chi connectivity index (χ3n) is 3.64. The third kappa shape index (κ3) is 3.27. The van der Waals surface area contributed by atoms with E-state index in [4.69, 9.17) is 5.26 Å². The number of unbranched alkanes of at least 4 members (excludes halogenated alkanes) is 1. The SMILES string of the molecule is CC(C)(C#N)CCCCn1ccc(=O)c2ccccc21. The standard InChI is InChI=1S/C17H20N2O/c1-17(2,13-18)10-5-6-11-19-12-9-16(20)14-7-3-4-8-15(14)19/h3-4,7-9,12H,5-6,10-11H2,1-2H3. The van der Waals surface area contributed by atoms with E-state index in [1.54, 1.807) is 6.07 Å². The fourth-order valence-electron chi connectivity index (χ4n) is 2.36. The summed E-state index contributed by atoms with van der Waals surface area (Å²) in [5.41, 5.74) is 0.813. The highest BCUT2D eigenvalue weighted by Gasteiger charge is 2.15. The van der Waals surface area contributed by atoms with Gasteiger partial charge >= 0.3 is 0 Å². The largest absolute Gasteiger partial charge is 0.347 e. The van der Waals surface area contributed by atoms with Gasteiger partial charge in [-0.25, -0.2) is 0 Å². The van der Waals surface area contributed by atoms with Crippen molar-refractivity contribution in [3.8, 4) is 6.07 Å². The minimum absolute atomic E-state index is 0.0717. The molecule has 1 aromatic heterocycles. The number of para-hydroxylation sites is 1. The zero-order chi connectivity index (χ0) is 14.6. The van der Waals surface area contributed by atoms with Crippen LogP contribution >= 0.6 is 0 Å². The van der Waals surface area contributed by atoms with E-state index in [-0.39, 0.29) is 10.8 Å². The van der Waals surface area contributed by atoms with Crippen LogP contribution in [0.15, 0.2) is 41.3 Å². The van der Waals surface area contributed by atoms with E-state index in [1.165, 1.54) is 0 Å². The van der Waals surface area contributed by atoms with E-state index >= 15 is 0 Å². The lowest BCUT2D eigenvalue weighted by atomic mass is 9.89. The van der Waals surface area contributed by atoms with E-state index in [2.05, 4.69) is 10.6 Å². The van der Waals surface area contributed by atoms with Crippen molar-refractivity contribution in [3.05, 3.63) is 46.8 Å². The number of rotatable bonds is 5. The number of hydrogen-bond acceptors (Lipinski definition) is 2. The molecule has 1 heterocycles. The summed E-state index contributed by atoms with van der Waals surface area (Å²) >= 11 is 0. The second-order valence-electron chi connectivity index (χ2n) is 5.84. The van der Waals surface area contributed by atoms with Crippen LogP contribution in [0, 0.1) is 16.7 Å². The molecule has 0 saturated carbocycles. The first-order valence-electron chi connectivity index (χ1n) is 7.03. The Morgan fingerprint density at radius 1 is 1.20 bits per heavy atom. The number of nitriles is 1. The highest BCUT2D eigenvalue weighted by molar-refractivity contribution is 5.78. The van der Waals surface area contributed by atoms with Gasteiger partial charge in [0.2, 0.25) is 0 Å². The lowest BCUT2D eigenvalue weighted by Gasteiger charge is -2.15. The molecule has 1 aromatic carbocycles. The molecule has 0 radical (unpaired) electrons. The van der Waals surface area contributed by atoms with Crippen LogP contribution in [0.1, 0.15) is 33.1 Å². The van der Waals surface area contributed by atoms with Gasteiger partial charge in [-0.15, -0.1) is 0 Å². The van der Waals surface area contributed by atoms with Crippen LogP contribution in [0.3, 0.4) is 0 Å². The average molecular weight is 268 g/mol. The van der Waals surface area contributed by atoms with E-state index in [9.17, 15) is 4.79 Å². The summed E-state index contributed by atoms with van der Waals surface area (Å²) in [6.07, 6.45) is 4.79. The van der Waals surface area contributed by atoms with Crippen molar-refractivity contribution in [1.82, 2.24) is 4.57 Å². The van der Waals surface area contributed by atoms with Gasteiger partial charge in [0.1, 0.15) is 0 Å². The summed E-state index contributed by atoms with van der Waals surface area (Å²) in [5, 5.41) is 9.76. The summed E-state index contributed by atoms with van der Waals surface area (Å²) in [7, 11) is 0. The van der Waals surface area contributed by atoms with Crippen LogP contribution in [0.5, 0.6) is 0 Å². The Bertz CT molecular complexity index is 692. The second-order valence-corrected chi connectivity index (χ2v) is 5.84. The van der Waals surface area contributed by atoms with Crippen LogP contribution in [0.25, 0.3) is 10.9 Å². The quantitative estimate of drug-likeness (QED) is 0.776. The summed E-state index contributed by atoms with van der Waals surface area (Å²) in [5.74, 6) is 0. The van der Waals surface area contributed by atoms with Crippen LogP contribution < -0.4 is 5.43 Å². The molecule has 0 amide bonds. The maximum absolute atomic E-state index is 11.8. The Morgan fingerprint density at radius 3 is 2.70 bits per heavy atom. The Hall–Kier alpha value is -2.08. The van der Waals surface area contributed by atoms with Crippen molar-refractivity contribution in [2.45, 2.75) is 39.7 Å². The summed E-state index contributed by atoms with van der Waals surface area (Å²) in [6, 6.07) is 11.7. The van der Waals surface area contributed by atoms with Gasteiger partial charge in [-0.2, -0.15) is 5.26 Å². The lowest BCUT2D eigenvalue weighted by molar-refractivity contribution is 0.418. The summed E-state index contributed by atoms with van der Waals surface area (Å²) in [6.45, 7) is 4.83. The Labute approximate surface area is 119 Å². The fraction of sp³-hybridized carbons (Fsp3) is 0.412. The predicted molar refractivity (Wildman–Crippen MR) is 81.5 cm³/mol. The molecule has 0 N–H and O–H groups in total. The second kappa shape index (κ2) is 5.92. The molecule has 0 fully saturated rings. The predicted octanol–water partition coefficient (Wildman–Crippen LogP) is 3.72. The number of nitrogens with zero attached hydrogens (tertiary/aromatic N) is 2.